The van der Waals surface area contributed by atoms with Gasteiger partial charge < -0.3 is 9.64 Å². The van der Waals surface area contributed by atoms with Gasteiger partial charge in [0.1, 0.15) is 0 Å². The maximum absolute atomic E-state index is 10.7. The third kappa shape index (κ3) is 5.56. The largest absolute Gasteiger partial charge is 0.466 e. The van der Waals surface area contributed by atoms with Crippen molar-refractivity contribution in [2.75, 3.05) is 27.2 Å². The van der Waals surface area contributed by atoms with E-state index >= 15 is 0 Å². The molecule has 0 aliphatic rings. The van der Waals surface area contributed by atoms with Crippen molar-refractivity contribution in [3.8, 4) is 0 Å². The van der Waals surface area contributed by atoms with Crippen molar-refractivity contribution in [2.45, 2.75) is 13.3 Å². The first-order chi connectivity index (χ1) is 4.66. The average molecular weight is 145 g/mol. The van der Waals surface area contributed by atoms with Gasteiger partial charge in [0.05, 0.1) is 13.0 Å². The topological polar surface area (TPSA) is 29.5 Å². The number of hydrogen-bond donors (Lipinski definition) is 0. The summed E-state index contributed by atoms with van der Waals surface area (Å²) < 4.78 is 4.73. The summed E-state index contributed by atoms with van der Waals surface area (Å²) in [6, 6.07) is 0. The third-order valence-corrected chi connectivity index (χ3v) is 1.07. The summed E-state index contributed by atoms with van der Waals surface area (Å²) in [5, 5.41) is 0. The van der Waals surface area contributed by atoms with Gasteiger partial charge in [-0.2, -0.15) is 0 Å². The lowest BCUT2D eigenvalue weighted by Gasteiger charge is -2.07. The number of esters is 1. The quantitative estimate of drug-likeness (QED) is 0.539. The molecule has 3 heteroatoms. The monoisotopic (exact) mass is 145 g/mol. The van der Waals surface area contributed by atoms with E-state index in [2.05, 4.69) is 0 Å². The van der Waals surface area contributed by atoms with E-state index < -0.39 is 0 Å². The predicted molar refractivity (Wildman–Crippen MR) is 39.8 cm³/mol. The molecule has 3 nitrogen and oxygen atoms in total. The van der Waals surface area contributed by atoms with Gasteiger partial charge in [-0.3, -0.25) is 4.79 Å². The molecule has 0 amide bonds. The molecule has 0 saturated heterocycles. The van der Waals surface area contributed by atoms with Crippen LogP contribution in [0.4, 0.5) is 0 Å². The van der Waals surface area contributed by atoms with E-state index in [1.54, 1.807) is 0 Å². The molecular weight excluding hydrogens is 130 g/mol. The van der Waals surface area contributed by atoms with Gasteiger partial charge in [0, 0.05) is 6.54 Å². The second-order valence-electron chi connectivity index (χ2n) is 2.36. The molecule has 0 fully saturated rings. The maximum Gasteiger partial charge on any atom is 0.307 e. The Morgan fingerprint density at radius 2 is 2.10 bits per heavy atom. The lowest BCUT2D eigenvalue weighted by atomic mass is 10.4. The highest BCUT2D eigenvalue weighted by molar-refractivity contribution is 5.69. The number of carbonyl (C=O) groups excluding carboxylic acids is 1. The minimum Gasteiger partial charge on any atom is -0.466 e. The zero-order valence-corrected chi connectivity index (χ0v) is 6.89. The van der Waals surface area contributed by atoms with Gasteiger partial charge in [-0.15, -0.1) is 0 Å². The van der Waals surface area contributed by atoms with E-state index in [4.69, 9.17) is 4.74 Å². The molecule has 0 aliphatic carbocycles. The molecule has 0 bridgehead atoms. The molecule has 0 saturated carbocycles. The predicted octanol–water partition coefficient (Wildman–Crippen LogP) is 0.501. The normalized spacial score (nSPS) is 10.0. The summed E-state index contributed by atoms with van der Waals surface area (Å²) in [7, 11) is 3.86. The van der Waals surface area contributed by atoms with Crippen LogP contribution in [0.25, 0.3) is 0 Å². The Morgan fingerprint density at radius 3 is 2.50 bits per heavy atom. The standard InChI is InChI=1S/C7H15NO2/c1-4-10-7(9)5-6-8(2)3/h4-6H2,1-3H3. The van der Waals surface area contributed by atoms with Gasteiger partial charge in [0.15, 0.2) is 0 Å². The van der Waals surface area contributed by atoms with Crippen LogP contribution in [0, 0.1) is 0 Å². The van der Waals surface area contributed by atoms with E-state index in [1.807, 2.05) is 25.9 Å². The molecule has 0 heterocycles. The number of nitrogens with zero attached hydrogens (tertiary/aromatic N) is 1. The lowest BCUT2D eigenvalue weighted by molar-refractivity contribution is -0.143. The average Bonchev–Trinajstić information content (AvgIpc) is 1.85. The van der Waals surface area contributed by atoms with Crippen molar-refractivity contribution in [3.05, 3.63) is 0 Å². The SMILES string of the molecule is CCOC(=O)CCN(C)C. The molecule has 0 spiro atoms. The smallest absolute Gasteiger partial charge is 0.307 e. The van der Waals surface area contributed by atoms with Crippen molar-refractivity contribution >= 4 is 5.97 Å². The van der Waals surface area contributed by atoms with Crippen LogP contribution in [0.3, 0.4) is 0 Å². The van der Waals surface area contributed by atoms with Gasteiger partial charge >= 0.3 is 5.97 Å². The van der Waals surface area contributed by atoms with Crippen LogP contribution >= 0.6 is 0 Å². The van der Waals surface area contributed by atoms with Crippen LogP contribution in [0.2, 0.25) is 0 Å². The first kappa shape index (κ1) is 9.43. The van der Waals surface area contributed by atoms with Crippen LogP contribution in [-0.2, 0) is 9.53 Å². The molecule has 0 radical (unpaired) electrons. The maximum atomic E-state index is 10.7. The molecule has 0 aromatic carbocycles. The Hall–Kier alpha value is -0.570. The molecule has 0 aromatic heterocycles. The van der Waals surface area contributed by atoms with Gasteiger partial charge in [-0.25, -0.2) is 0 Å². The van der Waals surface area contributed by atoms with Crippen LogP contribution in [-0.4, -0.2) is 38.1 Å². The van der Waals surface area contributed by atoms with Crippen molar-refractivity contribution < 1.29 is 9.53 Å². The van der Waals surface area contributed by atoms with Crippen LogP contribution < -0.4 is 0 Å². The summed E-state index contributed by atoms with van der Waals surface area (Å²) in [6.45, 7) is 3.05. The van der Waals surface area contributed by atoms with E-state index in [1.165, 1.54) is 0 Å². The molecule has 0 N–H and O–H groups in total. The summed E-state index contributed by atoms with van der Waals surface area (Å²) in [5.74, 6) is -0.115. The molecule has 0 aromatic rings. The van der Waals surface area contributed by atoms with E-state index in [0.29, 0.717) is 13.0 Å². The Labute approximate surface area is 62.0 Å². The lowest BCUT2D eigenvalue weighted by Crippen LogP contribution is -2.17. The minimum atomic E-state index is -0.115. The van der Waals surface area contributed by atoms with Crippen molar-refractivity contribution in [2.24, 2.45) is 0 Å². The first-order valence-electron chi connectivity index (χ1n) is 3.47. The van der Waals surface area contributed by atoms with Gasteiger partial charge in [0.2, 0.25) is 0 Å². The van der Waals surface area contributed by atoms with Crippen LogP contribution in [0.1, 0.15) is 13.3 Å². The van der Waals surface area contributed by atoms with Gasteiger partial charge in [0.25, 0.3) is 0 Å². The van der Waals surface area contributed by atoms with Gasteiger partial charge in [-0.1, -0.05) is 0 Å². The number of rotatable bonds is 4. The summed E-state index contributed by atoms with van der Waals surface area (Å²) in [6.07, 6.45) is 0.487. The minimum absolute atomic E-state index is 0.115. The van der Waals surface area contributed by atoms with Crippen LogP contribution in [0.15, 0.2) is 0 Å². The highest BCUT2D eigenvalue weighted by atomic mass is 16.5. The van der Waals surface area contributed by atoms with E-state index in [9.17, 15) is 4.79 Å². The fraction of sp³-hybridized carbons (Fsp3) is 0.857. The Balaban J connectivity index is 3.22. The fourth-order valence-electron chi connectivity index (χ4n) is 0.548. The second-order valence-corrected chi connectivity index (χ2v) is 2.36. The molecular formula is C7H15NO2. The Morgan fingerprint density at radius 1 is 1.50 bits per heavy atom. The highest BCUT2D eigenvalue weighted by Crippen LogP contribution is 1.87. The van der Waals surface area contributed by atoms with E-state index in [0.717, 1.165) is 6.54 Å². The first-order valence-corrected chi connectivity index (χ1v) is 3.47. The third-order valence-electron chi connectivity index (χ3n) is 1.07. The fourth-order valence-corrected chi connectivity index (χ4v) is 0.548. The highest BCUT2D eigenvalue weighted by Gasteiger charge is 2.00. The number of carbonyl (C=O) groups is 1. The Kier molecular flexibility index (Phi) is 4.94. The van der Waals surface area contributed by atoms with Crippen molar-refractivity contribution in [1.29, 1.82) is 0 Å². The molecule has 60 valence electrons. The molecule has 0 unspecified atom stereocenters. The number of ether oxygens (including phenoxy) is 1. The summed E-state index contributed by atoms with van der Waals surface area (Å²) in [4.78, 5) is 12.7. The zero-order chi connectivity index (χ0) is 7.98. The van der Waals surface area contributed by atoms with Crippen molar-refractivity contribution in [1.82, 2.24) is 4.90 Å². The van der Waals surface area contributed by atoms with Gasteiger partial charge in [-0.05, 0) is 21.0 Å². The van der Waals surface area contributed by atoms with E-state index in [-0.39, 0.29) is 5.97 Å². The van der Waals surface area contributed by atoms with Crippen LogP contribution in [0.5, 0.6) is 0 Å². The molecule has 0 rings (SSSR count). The molecule has 0 atom stereocenters. The Bertz CT molecular complexity index is 102. The van der Waals surface area contributed by atoms with Crippen molar-refractivity contribution in [3.63, 3.8) is 0 Å². The number of hydrogen-bond acceptors (Lipinski definition) is 3. The zero-order valence-electron chi connectivity index (χ0n) is 6.89. The second kappa shape index (κ2) is 5.23. The molecule has 10 heavy (non-hydrogen) atoms. The summed E-state index contributed by atoms with van der Waals surface area (Å²) >= 11 is 0. The molecule has 0 aliphatic heterocycles. The summed E-state index contributed by atoms with van der Waals surface area (Å²) in [5.41, 5.74) is 0.